The molecule has 9 heteroatoms. The number of halogens is 2. The predicted octanol–water partition coefficient (Wildman–Crippen LogP) is 3.24. The van der Waals surface area contributed by atoms with Crippen molar-refractivity contribution in [2.45, 2.75) is 13.0 Å². The van der Waals surface area contributed by atoms with Gasteiger partial charge in [0, 0.05) is 18.2 Å². The van der Waals surface area contributed by atoms with E-state index in [-0.39, 0.29) is 11.3 Å². The molecule has 0 aliphatic carbocycles. The van der Waals surface area contributed by atoms with E-state index in [0.29, 0.717) is 30.4 Å². The highest BCUT2D eigenvalue weighted by Crippen LogP contribution is 2.32. The van der Waals surface area contributed by atoms with E-state index in [1.807, 2.05) is 0 Å². The van der Waals surface area contributed by atoms with E-state index in [2.05, 4.69) is 10.1 Å². The third-order valence-electron chi connectivity index (χ3n) is 3.66. The van der Waals surface area contributed by atoms with Crippen molar-refractivity contribution in [3.63, 3.8) is 0 Å². The zero-order valence-corrected chi connectivity index (χ0v) is 14.7. The summed E-state index contributed by atoms with van der Waals surface area (Å²) in [6, 6.07) is 10.0. The molecule has 0 saturated heterocycles. The number of carbonyl (C=O) groups is 2. The Morgan fingerprint density at radius 2 is 1.86 bits per heavy atom. The first-order valence-electron chi connectivity index (χ1n) is 8.43. The molecule has 1 N–H and O–H groups in total. The summed E-state index contributed by atoms with van der Waals surface area (Å²) < 4.78 is 44.6. The van der Waals surface area contributed by atoms with E-state index in [9.17, 15) is 18.4 Å². The van der Waals surface area contributed by atoms with E-state index in [0.717, 1.165) is 12.5 Å². The smallest absolute Gasteiger partial charge is 0.387 e. The van der Waals surface area contributed by atoms with Gasteiger partial charge in [-0.05, 0) is 30.3 Å². The molecule has 0 radical (unpaired) electrons. The van der Waals surface area contributed by atoms with Crippen molar-refractivity contribution in [3.8, 4) is 17.2 Å². The molecule has 0 atom stereocenters. The number of fused-ring (bicyclic) bond motifs is 1. The molecular formula is C19H17F2NO6. The van der Waals surface area contributed by atoms with Crippen molar-refractivity contribution in [3.05, 3.63) is 48.0 Å². The molecule has 1 heterocycles. The molecule has 0 bridgehead atoms. The SMILES string of the molecule is O=C(COC(=O)c1cccc(OC(F)F)c1)Nc1ccc2c(c1)OCCCO2. The summed E-state index contributed by atoms with van der Waals surface area (Å²) >= 11 is 0. The monoisotopic (exact) mass is 393 g/mol. The minimum absolute atomic E-state index is 0.0125. The first-order chi connectivity index (χ1) is 13.5. The number of carbonyl (C=O) groups excluding carboxylic acids is 2. The molecule has 148 valence electrons. The van der Waals surface area contributed by atoms with Gasteiger partial charge >= 0.3 is 12.6 Å². The number of hydrogen-bond donors (Lipinski definition) is 1. The van der Waals surface area contributed by atoms with E-state index in [1.165, 1.54) is 18.2 Å². The number of hydrogen-bond acceptors (Lipinski definition) is 6. The molecule has 1 aliphatic rings. The Kier molecular flexibility index (Phi) is 6.25. The maximum absolute atomic E-state index is 12.2. The average Bonchev–Trinajstić information content (AvgIpc) is 2.91. The average molecular weight is 393 g/mol. The lowest BCUT2D eigenvalue weighted by Gasteiger charge is -2.11. The van der Waals surface area contributed by atoms with Crippen LogP contribution in [0.4, 0.5) is 14.5 Å². The lowest BCUT2D eigenvalue weighted by atomic mass is 10.2. The van der Waals surface area contributed by atoms with Gasteiger partial charge in [0.05, 0.1) is 18.8 Å². The Morgan fingerprint density at radius 3 is 2.64 bits per heavy atom. The lowest BCUT2D eigenvalue weighted by molar-refractivity contribution is -0.119. The van der Waals surface area contributed by atoms with Crippen LogP contribution in [0.25, 0.3) is 0 Å². The molecule has 0 saturated carbocycles. The first-order valence-corrected chi connectivity index (χ1v) is 8.43. The summed E-state index contributed by atoms with van der Waals surface area (Å²) in [7, 11) is 0. The van der Waals surface area contributed by atoms with Crippen molar-refractivity contribution in [2.75, 3.05) is 25.1 Å². The minimum Gasteiger partial charge on any atom is -0.490 e. The summed E-state index contributed by atoms with van der Waals surface area (Å²) in [4.78, 5) is 24.0. The third-order valence-corrected chi connectivity index (χ3v) is 3.66. The van der Waals surface area contributed by atoms with Crippen LogP contribution < -0.4 is 19.5 Å². The highest BCUT2D eigenvalue weighted by molar-refractivity contribution is 5.95. The Morgan fingerprint density at radius 1 is 1.07 bits per heavy atom. The molecule has 7 nitrogen and oxygen atoms in total. The summed E-state index contributed by atoms with van der Waals surface area (Å²) in [5.41, 5.74) is 0.444. The standard InChI is InChI=1S/C19H17F2NO6/c20-19(21)28-14-4-1-3-12(9-14)18(24)27-11-17(23)22-13-5-6-15-16(10-13)26-8-2-7-25-15/h1,3-6,9-10,19H,2,7-8,11H2,(H,22,23). The van der Waals surface area contributed by atoms with Crippen LogP contribution in [0.1, 0.15) is 16.8 Å². The molecule has 1 aliphatic heterocycles. The number of ether oxygens (including phenoxy) is 4. The van der Waals surface area contributed by atoms with Crippen molar-refractivity contribution in [1.29, 1.82) is 0 Å². The second-order valence-corrected chi connectivity index (χ2v) is 5.74. The molecule has 2 aromatic rings. The topological polar surface area (TPSA) is 83.1 Å². The maximum atomic E-state index is 12.2. The Labute approximate surface area is 159 Å². The molecule has 0 unspecified atom stereocenters. The van der Waals surface area contributed by atoms with Crippen molar-refractivity contribution in [1.82, 2.24) is 0 Å². The van der Waals surface area contributed by atoms with Gasteiger partial charge in [0.25, 0.3) is 5.91 Å². The number of amides is 1. The van der Waals surface area contributed by atoms with Crippen molar-refractivity contribution < 1.29 is 37.3 Å². The lowest BCUT2D eigenvalue weighted by Crippen LogP contribution is -2.21. The van der Waals surface area contributed by atoms with Crippen LogP contribution in [0, 0.1) is 0 Å². The predicted molar refractivity (Wildman–Crippen MR) is 94.0 cm³/mol. The zero-order valence-electron chi connectivity index (χ0n) is 14.7. The van der Waals surface area contributed by atoms with E-state index in [1.54, 1.807) is 18.2 Å². The highest BCUT2D eigenvalue weighted by Gasteiger charge is 2.15. The third kappa shape index (κ3) is 5.32. The van der Waals surface area contributed by atoms with Gasteiger partial charge in [-0.15, -0.1) is 0 Å². The minimum atomic E-state index is -3.01. The number of alkyl halides is 2. The fourth-order valence-electron chi connectivity index (χ4n) is 2.45. The van der Waals surface area contributed by atoms with Gasteiger partial charge in [-0.2, -0.15) is 8.78 Å². The molecule has 1 amide bonds. The van der Waals surface area contributed by atoms with Gasteiger partial charge in [-0.3, -0.25) is 4.79 Å². The summed E-state index contributed by atoms with van der Waals surface area (Å²) in [5.74, 6) is -0.478. The second kappa shape index (κ2) is 9.03. The quantitative estimate of drug-likeness (QED) is 0.759. The number of esters is 1. The van der Waals surface area contributed by atoms with Crippen LogP contribution in [0.15, 0.2) is 42.5 Å². The van der Waals surface area contributed by atoms with Crippen molar-refractivity contribution in [2.24, 2.45) is 0 Å². The fraction of sp³-hybridized carbons (Fsp3) is 0.263. The van der Waals surface area contributed by atoms with Gasteiger partial charge in [0.1, 0.15) is 5.75 Å². The molecule has 3 rings (SSSR count). The number of nitrogens with one attached hydrogen (secondary N) is 1. The molecule has 0 fully saturated rings. The van der Waals surface area contributed by atoms with Gasteiger partial charge in [0.2, 0.25) is 0 Å². The Balaban J connectivity index is 1.54. The number of rotatable bonds is 6. The van der Waals surface area contributed by atoms with Crippen LogP contribution in [-0.2, 0) is 9.53 Å². The van der Waals surface area contributed by atoms with E-state index >= 15 is 0 Å². The van der Waals surface area contributed by atoms with Crippen molar-refractivity contribution >= 4 is 17.6 Å². The van der Waals surface area contributed by atoms with Gasteiger partial charge in [-0.25, -0.2) is 4.79 Å². The summed E-state index contributed by atoms with van der Waals surface area (Å²) in [5, 5.41) is 2.58. The molecular weight excluding hydrogens is 376 g/mol. The van der Waals surface area contributed by atoms with Crippen LogP contribution in [0.5, 0.6) is 17.2 Å². The van der Waals surface area contributed by atoms with Crippen LogP contribution in [0.3, 0.4) is 0 Å². The van der Waals surface area contributed by atoms with Gasteiger partial charge in [-0.1, -0.05) is 6.07 Å². The molecule has 28 heavy (non-hydrogen) atoms. The van der Waals surface area contributed by atoms with Gasteiger partial charge < -0.3 is 24.3 Å². The fourth-order valence-corrected chi connectivity index (χ4v) is 2.45. The van der Waals surface area contributed by atoms with E-state index in [4.69, 9.17) is 14.2 Å². The Bertz CT molecular complexity index is 858. The summed E-state index contributed by atoms with van der Waals surface area (Å²) in [6.07, 6.45) is 0.760. The molecule has 2 aromatic carbocycles. The number of benzene rings is 2. The number of anilines is 1. The zero-order chi connectivity index (χ0) is 19.9. The maximum Gasteiger partial charge on any atom is 0.387 e. The normalized spacial score (nSPS) is 12.8. The van der Waals surface area contributed by atoms with Crippen LogP contribution >= 0.6 is 0 Å². The second-order valence-electron chi connectivity index (χ2n) is 5.74. The molecule has 0 spiro atoms. The van der Waals surface area contributed by atoms with Gasteiger partial charge in [0.15, 0.2) is 18.1 Å². The van der Waals surface area contributed by atoms with Crippen LogP contribution in [0.2, 0.25) is 0 Å². The molecule has 0 aromatic heterocycles. The highest BCUT2D eigenvalue weighted by atomic mass is 19.3. The Hall–Kier alpha value is -3.36. The largest absolute Gasteiger partial charge is 0.490 e. The van der Waals surface area contributed by atoms with Crippen LogP contribution in [-0.4, -0.2) is 38.3 Å². The summed E-state index contributed by atoms with van der Waals surface area (Å²) in [6.45, 7) is -2.49. The first kappa shape index (κ1) is 19.4. The van der Waals surface area contributed by atoms with E-state index < -0.39 is 25.1 Å².